The number of nitrogens with zero attached hydrogens (tertiary/aromatic N) is 3. The van der Waals surface area contributed by atoms with Crippen molar-refractivity contribution in [2.75, 3.05) is 13.1 Å². The monoisotopic (exact) mass is 375 g/mol. The molecule has 0 saturated carbocycles. The van der Waals surface area contributed by atoms with Crippen LogP contribution in [0.1, 0.15) is 29.8 Å². The van der Waals surface area contributed by atoms with Crippen molar-refractivity contribution in [3.63, 3.8) is 0 Å². The molecule has 2 unspecified atom stereocenters. The highest BCUT2D eigenvalue weighted by Gasteiger charge is 2.29. The minimum Gasteiger partial charge on any atom is -0.372 e. The number of aryl methyl sites for hydroxylation is 1. The minimum atomic E-state index is -0.000226. The molecule has 0 spiro atoms. The van der Waals surface area contributed by atoms with Crippen molar-refractivity contribution in [1.82, 2.24) is 14.7 Å². The Morgan fingerprint density at radius 2 is 1.64 bits per heavy atom. The van der Waals surface area contributed by atoms with Crippen LogP contribution in [-0.2, 0) is 4.74 Å². The molecule has 5 heteroatoms. The predicted molar refractivity (Wildman–Crippen MR) is 110 cm³/mol. The van der Waals surface area contributed by atoms with E-state index in [9.17, 15) is 4.79 Å². The third-order valence-electron chi connectivity index (χ3n) is 5.00. The summed E-state index contributed by atoms with van der Waals surface area (Å²) >= 11 is 0. The van der Waals surface area contributed by atoms with Gasteiger partial charge in [-0.05, 0) is 32.9 Å². The summed E-state index contributed by atoms with van der Waals surface area (Å²) in [4.78, 5) is 15.3. The summed E-state index contributed by atoms with van der Waals surface area (Å²) in [6, 6.07) is 18.0. The molecule has 28 heavy (non-hydrogen) atoms. The SMILES string of the molecule is Cc1ccc(-c2nn(-c3ccccc3)cc2C(=O)N2CC(C)OC(C)C2)cc1. The molecule has 1 fully saturated rings. The fourth-order valence-corrected chi connectivity index (χ4v) is 3.68. The molecule has 2 heterocycles. The van der Waals surface area contributed by atoms with Crippen LogP contribution in [0.25, 0.3) is 16.9 Å². The normalized spacial score (nSPS) is 19.6. The highest BCUT2D eigenvalue weighted by atomic mass is 16.5. The van der Waals surface area contributed by atoms with Gasteiger partial charge in [0.15, 0.2) is 0 Å². The number of para-hydroxylation sites is 1. The molecule has 1 aliphatic rings. The fraction of sp³-hybridized carbons (Fsp3) is 0.304. The van der Waals surface area contributed by atoms with E-state index < -0.39 is 0 Å². The van der Waals surface area contributed by atoms with Crippen LogP contribution in [0.3, 0.4) is 0 Å². The van der Waals surface area contributed by atoms with Crippen molar-refractivity contribution in [3.8, 4) is 16.9 Å². The first kappa shape index (κ1) is 18.4. The third kappa shape index (κ3) is 3.71. The van der Waals surface area contributed by atoms with Crippen molar-refractivity contribution < 1.29 is 9.53 Å². The Labute approximate surface area is 165 Å². The van der Waals surface area contributed by atoms with Gasteiger partial charge in [-0.2, -0.15) is 5.10 Å². The van der Waals surface area contributed by atoms with Crippen LogP contribution in [0.2, 0.25) is 0 Å². The number of carbonyl (C=O) groups is 1. The molecule has 2 aromatic carbocycles. The number of aromatic nitrogens is 2. The second kappa shape index (κ2) is 7.60. The van der Waals surface area contributed by atoms with Crippen LogP contribution < -0.4 is 0 Å². The Morgan fingerprint density at radius 3 is 2.29 bits per heavy atom. The molecule has 0 N–H and O–H groups in total. The van der Waals surface area contributed by atoms with Gasteiger partial charge in [-0.1, -0.05) is 48.0 Å². The van der Waals surface area contributed by atoms with Crippen molar-refractivity contribution >= 4 is 5.91 Å². The van der Waals surface area contributed by atoms with E-state index >= 15 is 0 Å². The smallest absolute Gasteiger partial charge is 0.257 e. The molecular weight excluding hydrogens is 350 g/mol. The number of rotatable bonds is 3. The van der Waals surface area contributed by atoms with Crippen LogP contribution in [0.4, 0.5) is 0 Å². The fourth-order valence-electron chi connectivity index (χ4n) is 3.68. The number of ether oxygens (including phenoxy) is 1. The number of hydrogen-bond acceptors (Lipinski definition) is 3. The second-order valence-corrected chi connectivity index (χ2v) is 7.50. The average Bonchev–Trinajstić information content (AvgIpc) is 3.13. The zero-order valence-corrected chi connectivity index (χ0v) is 16.5. The van der Waals surface area contributed by atoms with Crippen LogP contribution in [-0.4, -0.2) is 45.9 Å². The lowest BCUT2D eigenvalue weighted by Gasteiger charge is -2.35. The molecule has 1 aromatic heterocycles. The molecule has 0 radical (unpaired) electrons. The van der Waals surface area contributed by atoms with E-state index in [4.69, 9.17) is 9.84 Å². The molecule has 2 atom stereocenters. The maximum Gasteiger partial charge on any atom is 0.257 e. The largest absolute Gasteiger partial charge is 0.372 e. The zero-order valence-electron chi connectivity index (χ0n) is 16.5. The van der Waals surface area contributed by atoms with E-state index in [2.05, 4.69) is 6.92 Å². The van der Waals surface area contributed by atoms with Gasteiger partial charge in [0.1, 0.15) is 5.69 Å². The van der Waals surface area contributed by atoms with Crippen molar-refractivity contribution in [2.45, 2.75) is 33.0 Å². The number of amides is 1. The van der Waals surface area contributed by atoms with Gasteiger partial charge in [-0.15, -0.1) is 0 Å². The van der Waals surface area contributed by atoms with Gasteiger partial charge >= 0.3 is 0 Å². The summed E-state index contributed by atoms with van der Waals surface area (Å²) in [6.45, 7) is 7.24. The van der Waals surface area contributed by atoms with Crippen molar-refractivity contribution in [1.29, 1.82) is 0 Å². The van der Waals surface area contributed by atoms with Crippen molar-refractivity contribution in [2.24, 2.45) is 0 Å². The maximum atomic E-state index is 13.4. The van der Waals surface area contributed by atoms with Crippen LogP contribution in [0, 0.1) is 6.92 Å². The molecule has 0 aliphatic carbocycles. The van der Waals surface area contributed by atoms with Gasteiger partial charge in [0.25, 0.3) is 5.91 Å². The summed E-state index contributed by atoms with van der Waals surface area (Å²) in [5.41, 5.74) is 4.38. The van der Waals surface area contributed by atoms with E-state index in [1.54, 1.807) is 4.68 Å². The van der Waals surface area contributed by atoms with Gasteiger partial charge < -0.3 is 9.64 Å². The molecule has 1 aliphatic heterocycles. The zero-order chi connectivity index (χ0) is 19.7. The molecule has 3 aromatic rings. The minimum absolute atomic E-state index is 0.000226. The van der Waals surface area contributed by atoms with Gasteiger partial charge in [-0.3, -0.25) is 4.79 Å². The molecular formula is C23H25N3O2. The summed E-state index contributed by atoms with van der Waals surface area (Å²) in [5, 5.41) is 4.77. The van der Waals surface area contributed by atoms with E-state index in [1.165, 1.54) is 5.56 Å². The Balaban J connectivity index is 1.77. The molecule has 4 rings (SSSR count). The maximum absolute atomic E-state index is 13.4. The van der Waals surface area contributed by atoms with Crippen LogP contribution in [0.5, 0.6) is 0 Å². The molecule has 0 bridgehead atoms. The van der Waals surface area contributed by atoms with Gasteiger partial charge in [0.2, 0.25) is 0 Å². The topological polar surface area (TPSA) is 47.4 Å². The first-order valence-corrected chi connectivity index (χ1v) is 9.68. The summed E-state index contributed by atoms with van der Waals surface area (Å²) < 4.78 is 7.58. The molecule has 1 saturated heterocycles. The summed E-state index contributed by atoms with van der Waals surface area (Å²) in [7, 11) is 0. The van der Waals surface area contributed by atoms with Crippen LogP contribution >= 0.6 is 0 Å². The lowest BCUT2D eigenvalue weighted by atomic mass is 10.1. The Morgan fingerprint density at radius 1 is 1.00 bits per heavy atom. The second-order valence-electron chi connectivity index (χ2n) is 7.50. The van der Waals surface area contributed by atoms with Gasteiger partial charge in [-0.25, -0.2) is 4.68 Å². The quantitative estimate of drug-likeness (QED) is 0.692. The van der Waals surface area contributed by atoms with Crippen molar-refractivity contribution in [3.05, 3.63) is 71.9 Å². The average molecular weight is 375 g/mol. The molecule has 1 amide bonds. The lowest BCUT2D eigenvalue weighted by Crippen LogP contribution is -2.48. The first-order chi connectivity index (χ1) is 13.5. The molecule has 144 valence electrons. The Bertz CT molecular complexity index is 953. The number of carbonyl (C=O) groups excluding carboxylic acids is 1. The van der Waals surface area contributed by atoms with Crippen LogP contribution in [0.15, 0.2) is 60.8 Å². The number of benzene rings is 2. The van der Waals surface area contributed by atoms with E-state index in [1.807, 2.05) is 79.5 Å². The van der Waals surface area contributed by atoms with Gasteiger partial charge in [0, 0.05) is 24.8 Å². The number of morpholine rings is 1. The predicted octanol–water partition coefficient (Wildman–Crippen LogP) is 4.10. The number of hydrogen-bond donors (Lipinski definition) is 0. The van der Waals surface area contributed by atoms with Gasteiger partial charge in [0.05, 0.1) is 23.5 Å². The third-order valence-corrected chi connectivity index (χ3v) is 5.00. The Kier molecular flexibility index (Phi) is 5.01. The van der Waals surface area contributed by atoms with E-state index in [0.29, 0.717) is 24.3 Å². The highest BCUT2D eigenvalue weighted by molar-refractivity contribution is 6.00. The molecule has 5 nitrogen and oxygen atoms in total. The lowest BCUT2D eigenvalue weighted by molar-refractivity contribution is -0.0586. The summed E-state index contributed by atoms with van der Waals surface area (Å²) in [5.74, 6) is -0.000226. The highest BCUT2D eigenvalue weighted by Crippen LogP contribution is 2.26. The van der Waals surface area contributed by atoms with E-state index in [0.717, 1.165) is 11.3 Å². The standard InChI is InChI=1S/C23H25N3O2/c1-16-9-11-19(12-10-16)22-21(15-26(24-22)20-7-5-4-6-8-20)23(27)25-13-17(2)28-18(3)14-25/h4-12,15,17-18H,13-14H2,1-3H3. The Hall–Kier alpha value is -2.92. The van der Waals surface area contributed by atoms with E-state index in [-0.39, 0.29) is 18.1 Å². The summed E-state index contributed by atoms with van der Waals surface area (Å²) in [6.07, 6.45) is 1.90. The first-order valence-electron chi connectivity index (χ1n) is 9.68.